The van der Waals surface area contributed by atoms with Crippen LogP contribution in [0.4, 0.5) is 18.9 Å². The van der Waals surface area contributed by atoms with E-state index in [1.54, 1.807) is 12.1 Å². The zero-order valence-electron chi connectivity index (χ0n) is 9.53. The maximum absolute atomic E-state index is 12.4. The molecule has 0 saturated carbocycles. The van der Waals surface area contributed by atoms with Gasteiger partial charge in [0.2, 0.25) is 0 Å². The van der Waals surface area contributed by atoms with Crippen LogP contribution in [0.2, 0.25) is 0 Å². The Balaban J connectivity index is 2.44. The van der Waals surface area contributed by atoms with Crippen molar-refractivity contribution in [3.05, 3.63) is 30.5 Å². The summed E-state index contributed by atoms with van der Waals surface area (Å²) in [6.45, 7) is 0.950. The molecule has 0 spiro atoms. The number of nitrogens with zero attached hydrogens (tertiary/aromatic N) is 1. The van der Waals surface area contributed by atoms with Crippen molar-refractivity contribution in [2.75, 3.05) is 5.73 Å². The molecule has 18 heavy (non-hydrogen) atoms. The van der Waals surface area contributed by atoms with Crippen molar-refractivity contribution in [3.63, 3.8) is 0 Å². The number of aromatic nitrogens is 1. The average molecular weight is 256 g/mol. The van der Waals surface area contributed by atoms with E-state index in [0.717, 1.165) is 6.92 Å². The number of ether oxygens (including phenoxy) is 1. The Kier molecular flexibility index (Phi) is 3.02. The molecule has 3 nitrogen and oxygen atoms in total. The molecule has 96 valence electrons. The second-order valence-corrected chi connectivity index (χ2v) is 3.85. The average Bonchev–Trinajstić information content (AvgIpc) is 2.32. The summed E-state index contributed by atoms with van der Waals surface area (Å²) in [6, 6.07) is 6.24. The summed E-state index contributed by atoms with van der Waals surface area (Å²) in [7, 11) is 0. The van der Waals surface area contributed by atoms with E-state index in [-0.39, 0.29) is 5.75 Å². The van der Waals surface area contributed by atoms with Crippen LogP contribution in [-0.4, -0.2) is 17.3 Å². The molecule has 0 radical (unpaired) electrons. The molecule has 0 aliphatic carbocycles. The Hall–Kier alpha value is -1.98. The maximum atomic E-state index is 12.4. The van der Waals surface area contributed by atoms with Gasteiger partial charge >= 0.3 is 6.18 Å². The van der Waals surface area contributed by atoms with Crippen LogP contribution in [0.1, 0.15) is 6.92 Å². The Morgan fingerprint density at radius 1 is 1.28 bits per heavy atom. The van der Waals surface area contributed by atoms with Crippen molar-refractivity contribution in [3.8, 4) is 5.75 Å². The number of hydrogen-bond donors (Lipinski definition) is 1. The molecule has 0 aliphatic rings. The molecule has 0 saturated heterocycles. The van der Waals surface area contributed by atoms with Gasteiger partial charge in [-0.3, -0.25) is 4.98 Å². The quantitative estimate of drug-likeness (QED) is 0.840. The Labute approximate surface area is 101 Å². The highest BCUT2D eigenvalue weighted by molar-refractivity contribution is 5.94. The van der Waals surface area contributed by atoms with E-state index in [2.05, 4.69) is 4.98 Å². The summed E-state index contributed by atoms with van der Waals surface area (Å²) < 4.78 is 42.2. The highest BCUT2D eigenvalue weighted by Crippen LogP contribution is 2.31. The minimum Gasteiger partial charge on any atom is -0.479 e. The molecule has 1 atom stereocenters. The molecule has 1 aromatic heterocycles. The molecule has 6 heteroatoms. The number of halogens is 3. The Morgan fingerprint density at radius 2 is 2.00 bits per heavy atom. The predicted octanol–water partition coefficient (Wildman–Crippen LogP) is 3.15. The van der Waals surface area contributed by atoms with Crippen LogP contribution in [0.25, 0.3) is 10.9 Å². The van der Waals surface area contributed by atoms with E-state index in [0.29, 0.717) is 16.6 Å². The van der Waals surface area contributed by atoms with E-state index in [4.69, 9.17) is 10.5 Å². The van der Waals surface area contributed by atoms with Gasteiger partial charge in [0.25, 0.3) is 0 Å². The normalized spacial score (nSPS) is 13.6. The molecule has 0 aliphatic heterocycles. The number of anilines is 1. The lowest BCUT2D eigenvalue weighted by atomic mass is 10.1. The summed E-state index contributed by atoms with van der Waals surface area (Å²) in [4.78, 5) is 4.00. The summed E-state index contributed by atoms with van der Waals surface area (Å²) in [5.74, 6) is 0.0737. The summed E-state index contributed by atoms with van der Waals surface area (Å²) >= 11 is 0. The van der Waals surface area contributed by atoms with Gasteiger partial charge in [-0.2, -0.15) is 13.2 Å². The second-order valence-electron chi connectivity index (χ2n) is 3.85. The smallest absolute Gasteiger partial charge is 0.425 e. The van der Waals surface area contributed by atoms with Crippen LogP contribution >= 0.6 is 0 Å². The standard InChI is InChI=1S/C12H11F3N2O/c1-7(12(13,14)15)18-10-5-4-9(16)8-3-2-6-17-11(8)10/h2-7H,16H2,1H3. The predicted molar refractivity (Wildman–Crippen MR) is 62.3 cm³/mol. The van der Waals surface area contributed by atoms with Crippen molar-refractivity contribution in [1.82, 2.24) is 4.98 Å². The van der Waals surface area contributed by atoms with Crippen LogP contribution in [0.5, 0.6) is 5.75 Å². The molecule has 1 unspecified atom stereocenters. The molecule has 2 aromatic rings. The van der Waals surface area contributed by atoms with Gasteiger partial charge in [0.15, 0.2) is 6.10 Å². The summed E-state index contributed by atoms with van der Waals surface area (Å²) in [5, 5.41) is 0.573. The number of benzene rings is 1. The number of nitrogen functional groups attached to an aromatic ring is 1. The lowest BCUT2D eigenvalue weighted by Gasteiger charge is -2.18. The van der Waals surface area contributed by atoms with Gasteiger partial charge in [0.05, 0.1) is 0 Å². The number of pyridine rings is 1. The molecule has 0 bridgehead atoms. The van der Waals surface area contributed by atoms with Gasteiger partial charge in [-0.15, -0.1) is 0 Å². The van der Waals surface area contributed by atoms with Gasteiger partial charge in [-0.05, 0) is 31.2 Å². The zero-order chi connectivity index (χ0) is 13.3. The molecule has 2 rings (SSSR count). The first-order valence-electron chi connectivity index (χ1n) is 5.26. The third kappa shape index (κ3) is 2.32. The van der Waals surface area contributed by atoms with Crippen LogP contribution < -0.4 is 10.5 Å². The number of hydrogen-bond acceptors (Lipinski definition) is 3. The Morgan fingerprint density at radius 3 is 2.67 bits per heavy atom. The summed E-state index contributed by atoms with van der Waals surface area (Å²) in [5.41, 5.74) is 6.50. The lowest BCUT2D eigenvalue weighted by Crippen LogP contribution is -2.31. The SMILES string of the molecule is CC(Oc1ccc(N)c2cccnc12)C(F)(F)F. The van der Waals surface area contributed by atoms with Gasteiger partial charge in [0, 0.05) is 17.3 Å². The van der Waals surface area contributed by atoms with Crippen molar-refractivity contribution in [1.29, 1.82) is 0 Å². The molecule has 0 amide bonds. The molecular weight excluding hydrogens is 245 g/mol. The first-order valence-corrected chi connectivity index (χ1v) is 5.26. The lowest BCUT2D eigenvalue weighted by molar-refractivity contribution is -0.189. The highest BCUT2D eigenvalue weighted by Gasteiger charge is 2.38. The molecule has 1 aromatic carbocycles. The number of alkyl halides is 3. The highest BCUT2D eigenvalue weighted by atomic mass is 19.4. The van der Waals surface area contributed by atoms with Gasteiger partial charge in [-0.1, -0.05) is 0 Å². The fraction of sp³-hybridized carbons (Fsp3) is 0.250. The van der Waals surface area contributed by atoms with E-state index in [9.17, 15) is 13.2 Å². The first-order chi connectivity index (χ1) is 8.39. The molecular formula is C12H11F3N2O. The fourth-order valence-corrected chi connectivity index (χ4v) is 1.52. The monoisotopic (exact) mass is 256 g/mol. The first kappa shape index (κ1) is 12.5. The third-order valence-electron chi connectivity index (χ3n) is 2.53. The topological polar surface area (TPSA) is 48.1 Å². The van der Waals surface area contributed by atoms with E-state index in [1.165, 1.54) is 18.3 Å². The van der Waals surface area contributed by atoms with Crippen LogP contribution in [0.3, 0.4) is 0 Å². The minimum absolute atomic E-state index is 0.0737. The van der Waals surface area contributed by atoms with E-state index >= 15 is 0 Å². The van der Waals surface area contributed by atoms with E-state index < -0.39 is 12.3 Å². The molecule has 2 N–H and O–H groups in total. The largest absolute Gasteiger partial charge is 0.479 e. The fourth-order valence-electron chi connectivity index (χ4n) is 1.52. The van der Waals surface area contributed by atoms with Crippen molar-refractivity contribution >= 4 is 16.6 Å². The van der Waals surface area contributed by atoms with Crippen LogP contribution in [0.15, 0.2) is 30.5 Å². The van der Waals surface area contributed by atoms with E-state index in [1.807, 2.05) is 0 Å². The second kappa shape index (κ2) is 4.36. The van der Waals surface area contributed by atoms with Gasteiger partial charge < -0.3 is 10.5 Å². The van der Waals surface area contributed by atoms with Gasteiger partial charge in [-0.25, -0.2) is 0 Å². The number of fused-ring (bicyclic) bond motifs is 1. The molecule has 1 heterocycles. The molecule has 0 fully saturated rings. The van der Waals surface area contributed by atoms with Gasteiger partial charge in [0.1, 0.15) is 11.3 Å². The van der Waals surface area contributed by atoms with Crippen LogP contribution in [0, 0.1) is 0 Å². The maximum Gasteiger partial charge on any atom is 0.425 e. The number of rotatable bonds is 2. The minimum atomic E-state index is -4.41. The zero-order valence-corrected chi connectivity index (χ0v) is 9.53. The van der Waals surface area contributed by atoms with Crippen LogP contribution in [-0.2, 0) is 0 Å². The third-order valence-corrected chi connectivity index (χ3v) is 2.53. The summed E-state index contributed by atoms with van der Waals surface area (Å²) in [6.07, 6.45) is -4.83. The van der Waals surface area contributed by atoms with Crippen molar-refractivity contribution in [2.24, 2.45) is 0 Å². The Bertz CT molecular complexity index is 569. The van der Waals surface area contributed by atoms with Crippen molar-refractivity contribution in [2.45, 2.75) is 19.2 Å². The van der Waals surface area contributed by atoms with Crippen molar-refractivity contribution < 1.29 is 17.9 Å². The number of nitrogens with two attached hydrogens (primary N) is 1.